The van der Waals surface area contributed by atoms with E-state index in [1.165, 1.54) is 4.90 Å². The van der Waals surface area contributed by atoms with Gasteiger partial charge in [0.2, 0.25) is 5.91 Å². The number of methoxy groups -OCH3 is 1. The molecule has 8 heteroatoms. The number of anilines is 2. The van der Waals surface area contributed by atoms with Crippen LogP contribution in [0.2, 0.25) is 0 Å². The molecule has 3 amide bonds. The molecule has 0 saturated carbocycles. The Hall–Kier alpha value is -3.81. The highest BCUT2D eigenvalue weighted by atomic mass is 16.5. The number of carbonyl (C=O) groups excluding carboxylic acids is 2. The number of rotatable bonds is 7. The lowest BCUT2D eigenvalue weighted by Gasteiger charge is -2.21. The third-order valence-electron chi connectivity index (χ3n) is 5.34. The molecule has 0 aliphatic carbocycles. The first kappa shape index (κ1) is 24.8. The van der Waals surface area contributed by atoms with Gasteiger partial charge in [0.15, 0.2) is 0 Å². The molecule has 0 aliphatic rings. The molecule has 0 aliphatic heterocycles. The number of ether oxygens (including phenoxy) is 1. The summed E-state index contributed by atoms with van der Waals surface area (Å²) in [4.78, 5) is 27.1. The van der Waals surface area contributed by atoms with Gasteiger partial charge in [0, 0.05) is 23.7 Å². The molecule has 34 heavy (non-hydrogen) atoms. The highest BCUT2D eigenvalue weighted by Gasteiger charge is 2.23. The Morgan fingerprint density at radius 3 is 2.35 bits per heavy atom. The van der Waals surface area contributed by atoms with Crippen LogP contribution in [-0.2, 0) is 10.2 Å². The molecule has 0 fully saturated rings. The fraction of sp³-hybridized carbons (Fsp3) is 0.346. The van der Waals surface area contributed by atoms with E-state index in [1.807, 2.05) is 44.2 Å². The maximum absolute atomic E-state index is 12.9. The molecule has 1 heterocycles. The van der Waals surface area contributed by atoms with Gasteiger partial charge in [-0.05, 0) is 55.8 Å². The Kier molecular flexibility index (Phi) is 7.61. The lowest BCUT2D eigenvalue weighted by atomic mass is 9.92. The van der Waals surface area contributed by atoms with Gasteiger partial charge in [0.05, 0.1) is 18.5 Å². The van der Waals surface area contributed by atoms with Gasteiger partial charge in [0.1, 0.15) is 18.1 Å². The lowest BCUT2D eigenvalue weighted by molar-refractivity contribution is -0.116. The quantitative estimate of drug-likeness (QED) is 0.517. The van der Waals surface area contributed by atoms with Crippen LogP contribution in [0.5, 0.6) is 5.75 Å². The van der Waals surface area contributed by atoms with Crippen molar-refractivity contribution in [3.05, 3.63) is 65.9 Å². The molecule has 1 aromatic heterocycles. The third-order valence-corrected chi connectivity index (χ3v) is 5.34. The molecule has 0 atom stereocenters. The minimum atomic E-state index is -0.356. The van der Waals surface area contributed by atoms with Crippen molar-refractivity contribution in [3.63, 3.8) is 0 Å². The van der Waals surface area contributed by atoms with Gasteiger partial charge in [-0.15, -0.1) is 0 Å². The average molecular weight is 464 g/mol. The summed E-state index contributed by atoms with van der Waals surface area (Å²) >= 11 is 0. The summed E-state index contributed by atoms with van der Waals surface area (Å²) in [5.41, 5.74) is 3.23. The van der Waals surface area contributed by atoms with Crippen LogP contribution in [0.1, 0.15) is 39.0 Å². The number of hydrogen-bond acceptors (Lipinski definition) is 4. The minimum Gasteiger partial charge on any atom is -0.497 e. The zero-order valence-corrected chi connectivity index (χ0v) is 20.7. The number of hydrogen-bond donors (Lipinski definition) is 2. The Morgan fingerprint density at radius 2 is 1.76 bits per heavy atom. The Balaban J connectivity index is 1.75. The van der Waals surface area contributed by atoms with Gasteiger partial charge in [0.25, 0.3) is 0 Å². The molecule has 0 spiro atoms. The van der Waals surface area contributed by atoms with Crippen LogP contribution in [0, 0.1) is 6.92 Å². The molecule has 0 saturated heterocycles. The largest absolute Gasteiger partial charge is 0.497 e. The number of benzene rings is 2. The van der Waals surface area contributed by atoms with Gasteiger partial charge in [-0.2, -0.15) is 5.10 Å². The van der Waals surface area contributed by atoms with Crippen LogP contribution in [0.3, 0.4) is 0 Å². The maximum Gasteiger partial charge on any atom is 0.322 e. The monoisotopic (exact) mass is 463 g/mol. The number of aromatic nitrogens is 2. The zero-order chi connectivity index (χ0) is 24.9. The van der Waals surface area contributed by atoms with Crippen molar-refractivity contribution in [3.8, 4) is 11.4 Å². The van der Waals surface area contributed by atoms with E-state index in [-0.39, 0.29) is 23.9 Å². The number of likely N-dealkylation sites (N-methyl/N-ethyl adjacent to an activating group) is 1. The first-order chi connectivity index (χ1) is 16.1. The topological polar surface area (TPSA) is 88.5 Å². The molecular weight excluding hydrogens is 430 g/mol. The number of amides is 3. The standard InChI is InChI=1S/C26H33N5O3/c1-7-30(25(33)27-19-11-13-21(34-6)14-12-19)17-24(32)28-23-16-22(26(3,4)5)29-31(23)20-10-8-9-18(2)15-20/h8-16H,7,17H2,1-6H3,(H,27,33)(H,28,32). The second kappa shape index (κ2) is 10.4. The maximum atomic E-state index is 12.9. The van der Waals surface area contributed by atoms with E-state index in [0.29, 0.717) is 23.8 Å². The molecule has 3 rings (SSSR count). The SMILES string of the molecule is CCN(CC(=O)Nc1cc(C(C)(C)C)nn1-c1cccc(C)c1)C(=O)Nc1ccc(OC)cc1. The summed E-state index contributed by atoms with van der Waals surface area (Å²) in [7, 11) is 1.58. The van der Waals surface area contributed by atoms with E-state index in [2.05, 4.69) is 31.4 Å². The highest BCUT2D eigenvalue weighted by Crippen LogP contribution is 2.26. The second-order valence-corrected chi connectivity index (χ2v) is 9.14. The number of aryl methyl sites for hydroxylation is 1. The van der Waals surface area contributed by atoms with Gasteiger partial charge in [-0.1, -0.05) is 32.9 Å². The Bertz CT molecular complexity index is 1150. The van der Waals surface area contributed by atoms with Crippen molar-refractivity contribution < 1.29 is 14.3 Å². The van der Waals surface area contributed by atoms with Crippen LogP contribution >= 0.6 is 0 Å². The number of nitrogens with one attached hydrogen (secondary N) is 2. The molecule has 0 unspecified atom stereocenters. The number of carbonyl (C=O) groups is 2. The van der Waals surface area contributed by atoms with E-state index in [4.69, 9.17) is 9.84 Å². The zero-order valence-electron chi connectivity index (χ0n) is 20.7. The molecule has 2 aromatic carbocycles. The van der Waals surface area contributed by atoms with Crippen molar-refractivity contribution in [2.45, 2.75) is 40.0 Å². The van der Waals surface area contributed by atoms with Crippen LogP contribution in [0.25, 0.3) is 5.69 Å². The van der Waals surface area contributed by atoms with Crippen molar-refractivity contribution in [2.24, 2.45) is 0 Å². The van der Waals surface area contributed by atoms with E-state index < -0.39 is 0 Å². The van der Waals surface area contributed by atoms with Gasteiger partial charge >= 0.3 is 6.03 Å². The van der Waals surface area contributed by atoms with Crippen LogP contribution in [0.15, 0.2) is 54.6 Å². The van der Waals surface area contributed by atoms with E-state index in [0.717, 1.165) is 16.9 Å². The van der Waals surface area contributed by atoms with Crippen LogP contribution in [0.4, 0.5) is 16.3 Å². The minimum absolute atomic E-state index is 0.0949. The third kappa shape index (κ3) is 6.15. The normalized spacial score (nSPS) is 11.1. The lowest BCUT2D eigenvalue weighted by Crippen LogP contribution is -2.40. The summed E-state index contributed by atoms with van der Waals surface area (Å²) in [5.74, 6) is 0.956. The van der Waals surface area contributed by atoms with Gasteiger partial charge < -0.3 is 20.3 Å². The van der Waals surface area contributed by atoms with E-state index >= 15 is 0 Å². The first-order valence-electron chi connectivity index (χ1n) is 11.3. The molecule has 3 aromatic rings. The first-order valence-corrected chi connectivity index (χ1v) is 11.3. The van der Waals surface area contributed by atoms with Crippen molar-refractivity contribution in [1.82, 2.24) is 14.7 Å². The molecule has 0 bridgehead atoms. The van der Waals surface area contributed by atoms with Crippen LogP contribution in [-0.4, -0.2) is 46.8 Å². The summed E-state index contributed by atoms with van der Waals surface area (Å²) < 4.78 is 6.87. The predicted molar refractivity (Wildman–Crippen MR) is 135 cm³/mol. The van der Waals surface area contributed by atoms with E-state index in [1.54, 1.807) is 36.1 Å². The van der Waals surface area contributed by atoms with Gasteiger partial charge in [-0.25, -0.2) is 9.48 Å². The summed E-state index contributed by atoms with van der Waals surface area (Å²) in [6, 6.07) is 16.5. The van der Waals surface area contributed by atoms with Gasteiger partial charge in [-0.3, -0.25) is 4.79 Å². The predicted octanol–water partition coefficient (Wildman–Crippen LogP) is 4.98. The smallest absolute Gasteiger partial charge is 0.322 e. The number of nitrogens with zero attached hydrogens (tertiary/aromatic N) is 3. The van der Waals surface area contributed by atoms with Crippen molar-refractivity contribution in [2.75, 3.05) is 30.8 Å². The molecule has 8 nitrogen and oxygen atoms in total. The molecule has 2 N–H and O–H groups in total. The number of urea groups is 1. The molecule has 0 radical (unpaired) electrons. The highest BCUT2D eigenvalue weighted by molar-refractivity contribution is 5.96. The fourth-order valence-corrected chi connectivity index (χ4v) is 3.35. The van der Waals surface area contributed by atoms with E-state index in [9.17, 15) is 9.59 Å². The second-order valence-electron chi connectivity index (χ2n) is 9.14. The Labute approximate surface area is 200 Å². The summed E-state index contributed by atoms with van der Waals surface area (Å²) in [5, 5.41) is 10.5. The fourth-order valence-electron chi connectivity index (χ4n) is 3.35. The average Bonchev–Trinajstić information content (AvgIpc) is 3.22. The summed E-state index contributed by atoms with van der Waals surface area (Å²) in [6.07, 6.45) is 0. The Morgan fingerprint density at radius 1 is 1.06 bits per heavy atom. The van der Waals surface area contributed by atoms with Crippen molar-refractivity contribution >= 4 is 23.4 Å². The molecular formula is C26H33N5O3. The van der Waals surface area contributed by atoms with Crippen molar-refractivity contribution in [1.29, 1.82) is 0 Å². The van der Waals surface area contributed by atoms with Crippen LogP contribution < -0.4 is 15.4 Å². The molecule has 180 valence electrons. The summed E-state index contributed by atoms with van der Waals surface area (Å²) in [6.45, 7) is 10.3.